The van der Waals surface area contributed by atoms with Gasteiger partial charge in [0.15, 0.2) is 0 Å². The lowest BCUT2D eigenvalue weighted by molar-refractivity contribution is 0.0144. The van der Waals surface area contributed by atoms with Crippen molar-refractivity contribution in [2.24, 2.45) is 0 Å². The van der Waals surface area contributed by atoms with E-state index in [1.54, 1.807) is 4.90 Å². The Labute approximate surface area is 249 Å². The van der Waals surface area contributed by atoms with Crippen LogP contribution in [0.15, 0.2) is 30.3 Å². The van der Waals surface area contributed by atoms with Crippen molar-refractivity contribution in [3.05, 3.63) is 52.6 Å². The summed E-state index contributed by atoms with van der Waals surface area (Å²) in [5.74, 6) is 1.65. The van der Waals surface area contributed by atoms with Gasteiger partial charge in [0.2, 0.25) is 0 Å². The smallest absolute Gasteiger partial charge is 0.410 e. The van der Waals surface area contributed by atoms with E-state index in [1.807, 2.05) is 26.8 Å². The Morgan fingerprint density at radius 3 is 2.36 bits per heavy atom. The molecule has 1 atom stereocenters. The molecule has 1 aromatic heterocycles. The summed E-state index contributed by atoms with van der Waals surface area (Å²) in [7, 11) is 2.12. The van der Waals surface area contributed by atoms with Crippen LogP contribution >= 0.6 is 0 Å². The van der Waals surface area contributed by atoms with Crippen LogP contribution in [0.1, 0.15) is 49.4 Å². The number of benzene rings is 1. The number of hydrogen-bond donors (Lipinski definition) is 0. The summed E-state index contributed by atoms with van der Waals surface area (Å²) >= 11 is 0. The normalized spacial score (nSPS) is 20.0. The zero-order chi connectivity index (χ0) is 29.9. The lowest BCUT2D eigenvalue weighted by Gasteiger charge is -2.43. The quantitative estimate of drug-likeness (QED) is 0.533. The van der Waals surface area contributed by atoms with Crippen LogP contribution in [0, 0.1) is 22.7 Å². The van der Waals surface area contributed by atoms with Gasteiger partial charge >= 0.3 is 6.09 Å². The predicted molar refractivity (Wildman–Crippen MR) is 162 cm³/mol. The molecule has 1 unspecified atom stereocenters. The van der Waals surface area contributed by atoms with Gasteiger partial charge in [-0.3, -0.25) is 4.90 Å². The van der Waals surface area contributed by atoms with Crippen molar-refractivity contribution < 1.29 is 9.53 Å². The summed E-state index contributed by atoms with van der Waals surface area (Å²) in [4.78, 5) is 29.2. The number of likely N-dealkylation sites (N-methyl/N-ethyl adjacent to an activating group) is 1. The van der Waals surface area contributed by atoms with Gasteiger partial charge in [-0.15, -0.1) is 0 Å². The van der Waals surface area contributed by atoms with Gasteiger partial charge in [-0.25, -0.2) is 9.78 Å². The summed E-state index contributed by atoms with van der Waals surface area (Å²) in [6, 6.07) is 15.0. The van der Waals surface area contributed by atoms with Crippen LogP contribution in [0.2, 0.25) is 0 Å². The third-order valence-electron chi connectivity index (χ3n) is 8.33. The second-order valence-electron chi connectivity index (χ2n) is 12.6. The third kappa shape index (κ3) is 6.61. The lowest BCUT2D eigenvalue weighted by Crippen LogP contribution is -2.56. The van der Waals surface area contributed by atoms with E-state index in [4.69, 9.17) is 9.72 Å². The monoisotopic (exact) mass is 570 g/mol. The fourth-order valence-electron chi connectivity index (χ4n) is 6.15. The Morgan fingerprint density at radius 2 is 1.69 bits per heavy atom. The molecule has 5 rings (SSSR count). The molecule has 3 aliphatic rings. The molecular weight excluding hydrogens is 528 g/mol. The van der Waals surface area contributed by atoms with E-state index < -0.39 is 5.60 Å². The summed E-state index contributed by atoms with van der Waals surface area (Å²) in [5, 5.41) is 20.1. The summed E-state index contributed by atoms with van der Waals surface area (Å²) in [6.45, 7) is 12.9. The summed E-state index contributed by atoms with van der Waals surface area (Å²) in [6.07, 6.45) is 0.619. The Morgan fingerprint density at radius 1 is 0.976 bits per heavy atom. The molecule has 0 N–H and O–H groups in total. The second kappa shape index (κ2) is 12.6. The van der Waals surface area contributed by atoms with Gasteiger partial charge in [0.25, 0.3) is 0 Å². The maximum Gasteiger partial charge on any atom is 0.410 e. The number of piperazine rings is 2. The molecule has 3 aliphatic heterocycles. The van der Waals surface area contributed by atoms with Crippen LogP contribution in [0.5, 0.6) is 0 Å². The van der Waals surface area contributed by atoms with Crippen molar-refractivity contribution in [2.45, 2.75) is 58.3 Å². The van der Waals surface area contributed by atoms with Gasteiger partial charge < -0.3 is 24.3 Å². The Balaban J connectivity index is 1.49. The molecule has 10 nitrogen and oxygen atoms in total. The number of hydrogen-bond acceptors (Lipinski definition) is 9. The van der Waals surface area contributed by atoms with Crippen molar-refractivity contribution in [3.8, 4) is 12.1 Å². The van der Waals surface area contributed by atoms with Crippen molar-refractivity contribution >= 4 is 17.7 Å². The Kier molecular flexibility index (Phi) is 8.86. The molecule has 2 saturated heterocycles. The molecule has 2 aromatic rings. The highest BCUT2D eigenvalue weighted by molar-refractivity contribution is 5.71. The van der Waals surface area contributed by atoms with E-state index in [2.05, 4.69) is 63.1 Å². The molecule has 0 spiro atoms. The number of nitriles is 2. The van der Waals surface area contributed by atoms with Gasteiger partial charge in [-0.1, -0.05) is 30.3 Å². The molecule has 222 valence electrons. The van der Waals surface area contributed by atoms with E-state index >= 15 is 0 Å². The predicted octanol–water partition coefficient (Wildman–Crippen LogP) is 3.60. The van der Waals surface area contributed by atoms with Crippen molar-refractivity contribution in [1.82, 2.24) is 19.7 Å². The zero-order valence-electron chi connectivity index (χ0n) is 25.3. The molecule has 0 aliphatic carbocycles. The van der Waals surface area contributed by atoms with Crippen LogP contribution in [0.25, 0.3) is 0 Å². The lowest BCUT2D eigenvalue weighted by atomic mass is 9.94. The summed E-state index contributed by atoms with van der Waals surface area (Å²) < 4.78 is 5.67. The highest BCUT2D eigenvalue weighted by Gasteiger charge is 2.37. The van der Waals surface area contributed by atoms with Crippen molar-refractivity contribution in [2.75, 3.05) is 69.2 Å². The van der Waals surface area contributed by atoms with Gasteiger partial charge in [0.1, 0.15) is 23.3 Å². The Bertz CT molecular complexity index is 1350. The topological polar surface area (TPSA) is 103 Å². The highest BCUT2D eigenvalue weighted by Crippen LogP contribution is 2.37. The minimum absolute atomic E-state index is 0.213. The number of aromatic nitrogens is 1. The molecular formula is C32H42N8O2. The number of rotatable bonds is 5. The second-order valence-corrected chi connectivity index (χ2v) is 12.6. The third-order valence-corrected chi connectivity index (χ3v) is 8.33. The van der Waals surface area contributed by atoms with Crippen LogP contribution in [-0.2, 0) is 24.2 Å². The van der Waals surface area contributed by atoms with Gasteiger partial charge in [-0.2, -0.15) is 10.5 Å². The first-order valence-corrected chi connectivity index (χ1v) is 14.9. The first-order chi connectivity index (χ1) is 20.2. The van der Waals surface area contributed by atoms with Gasteiger partial charge in [-0.05, 0) is 45.4 Å². The maximum absolute atomic E-state index is 13.0. The number of nitrogens with zero attached hydrogens (tertiary/aromatic N) is 8. The van der Waals surface area contributed by atoms with Crippen LogP contribution in [0.3, 0.4) is 0 Å². The van der Waals surface area contributed by atoms with E-state index in [0.29, 0.717) is 31.7 Å². The molecule has 42 heavy (non-hydrogen) atoms. The maximum atomic E-state index is 13.0. The van der Waals surface area contributed by atoms with E-state index in [0.717, 1.165) is 68.5 Å². The van der Waals surface area contributed by atoms with Gasteiger partial charge in [0.05, 0.1) is 24.1 Å². The SMILES string of the molecule is CN1CCN(c2nc(N3CCN(C(=O)OC(C)(C)C)C(CC#N)C3)c3c(c2C#N)CN(Cc2ccccc2)CC3)CC1. The highest BCUT2D eigenvalue weighted by atomic mass is 16.6. The van der Waals surface area contributed by atoms with E-state index in [1.165, 1.54) is 5.56 Å². The van der Waals surface area contributed by atoms with E-state index in [-0.39, 0.29) is 18.6 Å². The van der Waals surface area contributed by atoms with Gasteiger partial charge in [0, 0.05) is 71.0 Å². The van der Waals surface area contributed by atoms with Crippen LogP contribution in [0.4, 0.5) is 16.4 Å². The standard InChI is InChI=1S/C32H42N8O2/c1-32(2,3)42-31(41)40-19-18-39(22-25(40)10-12-33)29-26-11-13-37(21-24-8-6-5-7-9-24)23-28(26)27(20-34)30(35-29)38-16-14-36(4)15-17-38/h5-9,25H,10-11,13-19,21-23H2,1-4H3. The fourth-order valence-corrected chi connectivity index (χ4v) is 6.15. The molecule has 10 heteroatoms. The largest absolute Gasteiger partial charge is 0.444 e. The van der Waals surface area contributed by atoms with E-state index in [9.17, 15) is 15.3 Å². The van der Waals surface area contributed by atoms with Crippen molar-refractivity contribution in [1.29, 1.82) is 10.5 Å². The molecule has 1 amide bonds. The van der Waals surface area contributed by atoms with Crippen molar-refractivity contribution in [3.63, 3.8) is 0 Å². The fraction of sp³-hybridized carbons (Fsp3) is 0.562. The zero-order valence-corrected chi connectivity index (χ0v) is 25.3. The molecule has 2 fully saturated rings. The number of anilines is 2. The molecule has 0 saturated carbocycles. The molecule has 1 aromatic carbocycles. The minimum atomic E-state index is -0.609. The number of pyridine rings is 1. The molecule has 0 bridgehead atoms. The van der Waals surface area contributed by atoms with Crippen LogP contribution in [-0.4, -0.2) is 96.8 Å². The number of amides is 1. The average Bonchev–Trinajstić information content (AvgIpc) is 2.96. The average molecular weight is 571 g/mol. The minimum Gasteiger partial charge on any atom is -0.444 e. The first kappa shape index (κ1) is 29.6. The van der Waals surface area contributed by atoms with Crippen LogP contribution < -0.4 is 9.80 Å². The number of ether oxygens (including phenoxy) is 1. The number of carbonyl (C=O) groups is 1. The number of fused-ring (bicyclic) bond motifs is 1. The first-order valence-electron chi connectivity index (χ1n) is 14.9. The Hall–Kier alpha value is -3.86. The number of carbonyl (C=O) groups excluding carboxylic acids is 1. The summed E-state index contributed by atoms with van der Waals surface area (Å²) in [5.41, 5.74) is 3.50. The molecule has 0 radical (unpaired) electrons. The molecule has 4 heterocycles.